The van der Waals surface area contributed by atoms with Gasteiger partial charge in [-0.1, -0.05) is 0 Å². The van der Waals surface area contributed by atoms with E-state index in [1.54, 1.807) is 12.1 Å². The van der Waals surface area contributed by atoms with Gasteiger partial charge in [0, 0.05) is 37.6 Å². The molecule has 1 aromatic rings. The van der Waals surface area contributed by atoms with Crippen LogP contribution < -0.4 is 10.2 Å². The second-order valence-electron chi connectivity index (χ2n) is 5.23. The number of anilines is 1. The van der Waals surface area contributed by atoms with Crippen LogP contribution in [0.2, 0.25) is 0 Å². The summed E-state index contributed by atoms with van der Waals surface area (Å²) < 4.78 is 22.8. The van der Waals surface area contributed by atoms with E-state index in [0.29, 0.717) is 10.9 Å². The smallest absolute Gasteiger partial charge is 0.175 e. The van der Waals surface area contributed by atoms with Gasteiger partial charge in [0.05, 0.1) is 4.90 Å². The quantitative estimate of drug-likeness (QED) is 0.863. The number of hydrogen-bond acceptors (Lipinski definition) is 4. The van der Waals surface area contributed by atoms with Gasteiger partial charge in [-0.3, -0.25) is 0 Å². The molecule has 98 valence electrons. The average Bonchev–Trinajstić information content (AvgIpc) is 2.89. The Morgan fingerprint density at radius 3 is 2.61 bits per heavy atom. The number of sulfone groups is 1. The largest absolute Gasteiger partial charge is 0.367 e. The van der Waals surface area contributed by atoms with Gasteiger partial charge in [0.1, 0.15) is 0 Å². The van der Waals surface area contributed by atoms with Crippen LogP contribution in [0.15, 0.2) is 29.2 Å². The maximum atomic E-state index is 11.4. The molecule has 0 bridgehead atoms. The number of rotatable bonds is 2. The van der Waals surface area contributed by atoms with Crippen LogP contribution in [0.3, 0.4) is 0 Å². The first kappa shape index (κ1) is 12.0. The molecule has 3 rings (SSSR count). The van der Waals surface area contributed by atoms with Gasteiger partial charge in [0.15, 0.2) is 9.84 Å². The first-order chi connectivity index (χ1) is 8.55. The molecule has 0 radical (unpaired) electrons. The van der Waals surface area contributed by atoms with Crippen molar-refractivity contribution >= 4 is 15.5 Å². The van der Waals surface area contributed by atoms with Gasteiger partial charge in [-0.25, -0.2) is 8.42 Å². The summed E-state index contributed by atoms with van der Waals surface area (Å²) in [5, 5.41) is 3.42. The molecule has 0 aliphatic carbocycles. The number of fused-ring (bicyclic) bond motifs is 1. The van der Waals surface area contributed by atoms with E-state index in [1.807, 2.05) is 12.1 Å². The minimum absolute atomic E-state index is 0.395. The molecule has 0 saturated carbocycles. The molecule has 1 N–H and O–H groups in total. The highest BCUT2D eigenvalue weighted by Gasteiger charge is 2.37. The summed E-state index contributed by atoms with van der Waals surface area (Å²) in [6.45, 7) is 3.23. The molecule has 2 aliphatic rings. The van der Waals surface area contributed by atoms with E-state index < -0.39 is 9.84 Å². The van der Waals surface area contributed by atoms with Crippen molar-refractivity contribution in [1.82, 2.24) is 5.32 Å². The lowest BCUT2D eigenvalue weighted by Gasteiger charge is -2.25. The molecule has 2 fully saturated rings. The summed E-state index contributed by atoms with van der Waals surface area (Å²) in [4.78, 5) is 2.79. The molecule has 5 heteroatoms. The molecular formula is C13H18N2O2S. The fourth-order valence-corrected chi connectivity index (χ4v) is 3.69. The lowest BCUT2D eigenvalue weighted by atomic mass is 10.1. The zero-order chi connectivity index (χ0) is 12.8. The second kappa shape index (κ2) is 4.24. The first-order valence-electron chi connectivity index (χ1n) is 6.33. The highest BCUT2D eigenvalue weighted by molar-refractivity contribution is 7.90. The summed E-state index contributed by atoms with van der Waals surface area (Å²) >= 11 is 0. The van der Waals surface area contributed by atoms with Crippen LogP contribution in [0.4, 0.5) is 5.69 Å². The predicted octanol–water partition coefficient (Wildman–Crippen LogP) is 0.888. The molecule has 0 aromatic heterocycles. The fourth-order valence-electron chi connectivity index (χ4n) is 3.05. The van der Waals surface area contributed by atoms with E-state index in [0.717, 1.165) is 31.2 Å². The maximum absolute atomic E-state index is 11.4. The van der Waals surface area contributed by atoms with E-state index in [-0.39, 0.29) is 0 Å². The van der Waals surface area contributed by atoms with Crippen LogP contribution in [0, 0.1) is 5.92 Å². The topological polar surface area (TPSA) is 49.4 Å². The Labute approximate surface area is 108 Å². The van der Waals surface area contributed by atoms with Crippen LogP contribution in [0.25, 0.3) is 0 Å². The Balaban J connectivity index is 1.85. The van der Waals surface area contributed by atoms with E-state index >= 15 is 0 Å². The monoisotopic (exact) mass is 266 g/mol. The highest BCUT2D eigenvalue weighted by Crippen LogP contribution is 2.32. The molecule has 18 heavy (non-hydrogen) atoms. The second-order valence-corrected chi connectivity index (χ2v) is 7.25. The number of nitrogens with one attached hydrogen (secondary N) is 1. The van der Waals surface area contributed by atoms with Crippen molar-refractivity contribution in [1.29, 1.82) is 0 Å². The summed E-state index contributed by atoms with van der Waals surface area (Å²) in [7, 11) is -3.09. The van der Waals surface area contributed by atoms with Gasteiger partial charge in [-0.2, -0.15) is 0 Å². The van der Waals surface area contributed by atoms with E-state index in [1.165, 1.54) is 12.7 Å². The van der Waals surface area contributed by atoms with Gasteiger partial charge < -0.3 is 10.2 Å². The maximum Gasteiger partial charge on any atom is 0.175 e. The molecule has 2 heterocycles. The van der Waals surface area contributed by atoms with E-state index in [9.17, 15) is 8.42 Å². The number of benzene rings is 1. The fraction of sp³-hybridized carbons (Fsp3) is 0.538. The average molecular weight is 266 g/mol. The Morgan fingerprint density at radius 1 is 1.22 bits per heavy atom. The Bertz CT molecular complexity index is 539. The molecule has 0 spiro atoms. The van der Waals surface area contributed by atoms with Crippen molar-refractivity contribution in [2.45, 2.75) is 17.4 Å². The molecule has 2 aliphatic heterocycles. The zero-order valence-electron chi connectivity index (χ0n) is 10.5. The van der Waals surface area contributed by atoms with E-state index in [4.69, 9.17) is 0 Å². The minimum Gasteiger partial charge on any atom is -0.367 e. The molecule has 0 amide bonds. The molecule has 1 aromatic carbocycles. The first-order valence-corrected chi connectivity index (χ1v) is 8.22. The predicted molar refractivity (Wildman–Crippen MR) is 71.7 cm³/mol. The van der Waals surface area contributed by atoms with Crippen LogP contribution in [0.5, 0.6) is 0 Å². The summed E-state index contributed by atoms with van der Waals surface area (Å²) in [5.74, 6) is 0.750. The third-order valence-electron chi connectivity index (χ3n) is 4.04. The standard InChI is InChI=1S/C13H18N2O2S/c1-18(16,17)12-4-2-11(3-5-12)15-7-6-10-8-14-9-13(10)15/h2-5,10,13-14H,6-9H2,1H3/t10-,13+/m1/s1. The van der Waals surface area contributed by atoms with Crippen LogP contribution >= 0.6 is 0 Å². The van der Waals surface area contributed by atoms with Crippen molar-refractivity contribution in [3.63, 3.8) is 0 Å². The lowest BCUT2D eigenvalue weighted by molar-refractivity contribution is 0.578. The van der Waals surface area contributed by atoms with Crippen LogP contribution in [-0.4, -0.2) is 40.3 Å². The zero-order valence-corrected chi connectivity index (χ0v) is 11.3. The Morgan fingerprint density at radius 2 is 1.94 bits per heavy atom. The van der Waals surface area contributed by atoms with Crippen molar-refractivity contribution in [2.75, 3.05) is 30.8 Å². The van der Waals surface area contributed by atoms with Gasteiger partial charge in [0.25, 0.3) is 0 Å². The van der Waals surface area contributed by atoms with Gasteiger partial charge >= 0.3 is 0 Å². The highest BCUT2D eigenvalue weighted by atomic mass is 32.2. The normalized spacial score (nSPS) is 27.5. The SMILES string of the molecule is CS(=O)(=O)c1ccc(N2CC[C@@H]3CNC[C@@H]32)cc1. The molecule has 2 atom stereocenters. The summed E-state index contributed by atoms with van der Waals surface area (Å²) in [5.41, 5.74) is 1.14. The molecule has 2 saturated heterocycles. The van der Waals surface area contributed by atoms with Crippen LogP contribution in [0.1, 0.15) is 6.42 Å². The van der Waals surface area contributed by atoms with Crippen molar-refractivity contribution in [3.8, 4) is 0 Å². The third-order valence-corrected chi connectivity index (χ3v) is 5.17. The minimum atomic E-state index is -3.09. The van der Waals surface area contributed by atoms with Gasteiger partial charge in [-0.15, -0.1) is 0 Å². The van der Waals surface area contributed by atoms with Crippen molar-refractivity contribution in [3.05, 3.63) is 24.3 Å². The van der Waals surface area contributed by atoms with Gasteiger partial charge in [0.2, 0.25) is 0 Å². The van der Waals surface area contributed by atoms with Crippen molar-refractivity contribution in [2.24, 2.45) is 5.92 Å². The lowest BCUT2D eigenvalue weighted by Crippen LogP contribution is -2.34. The Hall–Kier alpha value is -1.07. The Kier molecular flexibility index (Phi) is 2.83. The number of hydrogen-bond donors (Lipinski definition) is 1. The molecule has 0 unspecified atom stereocenters. The van der Waals surface area contributed by atoms with E-state index in [2.05, 4.69) is 10.2 Å². The third kappa shape index (κ3) is 2.01. The summed E-state index contributed by atoms with van der Waals surface area (Å²) in [6, 6.07) is 7.85. The van der Waals surface area contributed by atoms with Crippen LogP contribution in [-0.2, 0) is 9.84 Å². The van der Waals surface area contributed by atoms with Crippen molar-refractivity contribution < 1.29 is 8.42 Å². The molecular weight excluding hydrogens is 248 g/mol. The van der Waals surface area contributed by atoms with Gasteiger partial charge in [-0.05, 0) is 36.6 Å². The molecule has 4 nitrogen and oxygen atoms in total. The summed E-state index contributed by atoms with van der Waals surface area (Å²) in [6.07, 6.45) is 2.47. The number of nitrogens with zero attached hydrogens (tertiary/aromatic N) is 1.